The SMILES string of the molecule is C=C/C=C/OC.C=CC(=C)CC. The molecule has 0 aliphatic heterocycles. The van der Waals surface area contributed by atoms with Gasteiger partial charge in [0.25, 0.3) is 0 Å². The summed E-state index contributed by atoms with van der Waals surface area (Å²) in [7, 11) is 1.60. The third kappa shape index (κ3) is 15.9. The van der Waals surface area contributed by atoms with Gasteiger partial charge in [0.2, 0.25) is 0 Å². The van der Waals surface area contributed by atoms with Crippen molar-refractivity contribution in [1.29, 1.82) is 0 Å². The smallest absolute Gasteiger partial charge is 0.0824 e. The van der Waals surface area contributed by atoms with Crippen molar-refractivity contribution in [3.05, 3.63) is 49.8 Å². The second kappa shape index (κ2) is 12.4. The highest BCUT2D eigenvalue weighted by molar-refractivity contribution is 5.09. The van der Waals surface area contributed by atoms with Crippen LogP contribution >= 0.6 is 0 Å². The molecular weight excluding hydrogens is 148 g/mol. The molecule has 0 aliphatic rings. The maximum Gasteiger partial charge on any atom is 0.0824 e. The molecule has 0 aromatic heterocycles. The Bertz CT molecular complexity index is 154. The minimum atomic E-state index is 1.02. The van der Waals surface area contributed by atoms with Crippen molar-refractivity contribution in [1.82, 2.24) is 0 Å². The van der Waals surface area contributed by atoms with Crippen LogP contribution in [0.3, 0.4) is 0 Å². The van der Waals surface area contributed by atoms with Crippen molar-refractivity contribution in [2.45, 2.75) is 13.3 Å². The molecule has 12 heavy (non-hydrogen) atoms. The van der Waals surface area contributed by atoms with E-state index in [1.54, 1.807) is 31.6 Å². The van der Waals surface area contributed by atoms with Gasteiger partial charge in [0.15, 0.2) is 0 Å². The summed E-state index contributed by atoms with van der Waals surface area (Å²) in [5.74, 6) is 0. The van der Waals surface area contributed by atoms with Crippen LogP contribution in [0.4, 0.5) is 0 Å². The van der Waals surface area contributed by atoms with Crippen LogP contribution in [0.15, 0.2) is 49.8 Å². The summed E-state index contributed by atoms with van der Waals surface area (Å²) in [4.78, 5) is 0. The molecule has 0 N–H and O–H groups in total. The minimum Gasteiger partial charge on any atom is -0.504 e. The Morgan fingerprint density at radius 1 is 1.42 bits per heavy atom. The number of allylic oxidation sites excluding steroid dienone is 4. The van der Waals surface area contributed by atoms with Gasteiger partial charge in [-0.25, -0.2) is 0 Å². The Hall–Kier alpha value is -1.24. The van der Waals surface area contributed by atoms with E-state index >= 15 is 0 Å². The van der Waals surface area contributed by atoms with Crippen LogP contribution in [0.25, 0.3) is 0 Å². The van der Waals surface area contributed by atoms with Gasteiger partial charge in [0.05, 0.1) is 13.4 Å². The van der Waals surface area contributed by atoms with Gasteiger partial charge in [-0.2, -0.15) is 0 Å². The van der Waals surface area contributed by atoms with Gasteiger partial charge in [0, 0.05) is 0 Å². The van der Waals surface area contributed by atoms with E-state index in [2.05, 4.69) is 31.4 Å². The van der Waals surface area contributed by atoms with Gasteiger partial charge in [-0.15, -0.1) is 0 Å². The van der Waals surface area contributed by atoms with E-state index in [0.29, 0.717) is 0 Å². The average Bonchev–Trinajstić information content (AvgIpc) is 2.14. The lowest BCUT2D eigenvalue weighted by molar-refractivity contribution is 0.338. The number of rotatable bonds is 4. The van der Waals surface area contributed by atoms with Crippen molar-refractivity contribution < 1.29 is 4.74 Å². The molecule has 0 aromatic carbocycles. The maximum atomic E-state index is 4.53. The van der Waals surface area contributed by atoms with E-state index < -0.39 is 0 Å². The Labute approximate surface area is 75.7 Å². The second-order valence-electron chi connectivity index (χ2n) is 2.02. The first-order valence-electron chi connectivity index (χ1n) is 3.83. The van der Waals surface area contributed by atoms with Gasteiger partial charge < -0.3 is 4.74 Å². The molecule has 0 heterocycles. The molecule has 0 unspecified atom stereocenters. The molecule has 1 nitrogen and oxygen atoms in total. The monoisotopic (exact) mass is 166 g/mol. The van der Waals surface area contributed by atoms with Gasteiger partial charge in [-0.1, -0.05) is 44.4 Å². The van der Waals surface area contributed by atoms with Crippen molar-refractivity contribution in [2.75, 3.05) is 7.11 Å². The van der Waals surface area contributed by atoms with E-state index in [1.165, 1.54) is 0 Å². The van der Waals surface area contributed by atoms with Crippen molar-refractivity contribution in [3.8, 4) is 0 Å². The number of ether oxygens (including phenoxy) is 1. The molecule has 68 valence electrons. The minimum absolute atomic E-state index is 1.02. The molecule has 0 amide bonds. The summed E-state index contributed by atoms with van der Waals surface area (Å²) in [5.41, 5.74) is 1.11. The average molecular weight is 166 g/mol. The summed E-state index contributed by atoms with van der Waals surface area (Å²) < 4.78 is 4.53. The molecule has 0 rings (SSSR count). The van der Waals surface area contributed by atoms with Crippen LogP contribution in [0.2, 0.25) is 0 Å². The first kappa shape index (κ1) is 13.4. The zero-order valence-electron chi connectivity index (χ0n) is 8.05. The Balaban J connectivity index is 0. The molecule has 0 spiro atoms. The Morgan fingerprint density at radius 3 is 2.08 bits per heavy atom. The molecule has 0 aliphatic carbocycles. The molecule has 0 atom stereocenters. The standard InChI is InChI=1S/C6H10.C5H8O/c1-4-6(3)5-2;1-3-4-5-6-2/h4H,1,3,5H2,2H3;3-5H,1H2,2H3/b;5-4+. The fourth-order valence-electron chi connectivity index (χ4n) is 0.278. The fraction of sp³-hybridized carbons (Fsp3) is 0.273. The van der Waals surface area contributed by atoms with Crippen LogP contribution in [0.5, 0.6) is 0 Å². The third-order valence-corrected chi connectivity index (χ3v) is 1.09. The van der Waals surface area contributed by atoms with E-state index in [-0.39, 0.29) is 0 Å². The lowest BCUT2D eigenvalue weighted by Crippen LogP contribution is -1.62. The summed E-state index contributed by atoms with van der Waals surface area (Å²) in [6.45, 7) is 12.7. The highest BCUT2D eigenvalue weighted by Gasteiger charge is 1.72. The molecule has 0 saturated carbocycles. The van der Waals surface area contributed by atoms with Crippen molar-refractivity contribution in [3.63, 3.8) is 0 Å². The highest BCUT2D eigenvalue weighted by Crippen LogP contribution is 1.93. The second-order valence-corrected chi connectivity index (χ2v) is 2.02. The van der Waals surface area contributed by atoms with Crippen LogP contribution in [-0.2, 0) is 4.74 Å². The van der Waals surface area contributed by atoms with Crippen LogP contribution < -0.4 is 0 Å². The molecule has 0 saturated heterocycles. The van der Waals surface area contributed by atoms with E-state index in [0.717, 1.165) is 12.0 Å². The molecule has 0 fully saturated rings. The predicted molar refractivity (Wildman–Crippen MR) is 56.0 cm³/mol. The number of hydrogen-bond acceptors (Lipinski definition) is 1. The summed E-state index contributed by atoms with van der Waals surface area (Å²) in [6, 6.07) is 0. The van der Waals surface area contributed by atoms with Crippen LogP contribution in [0, 0.1) is 0 Å². The zero-order chi connectivity index (χ0) is 9.82. The van der Waals surface area contributed by atoms with Gasteiger partial charge in [0.1, 0.15) is 0 Å². The largest absolute Gasteiger partial charge is 0.504 e. The molecule has 0 bridgehead atoms. The summed E-state index contributed by atoms with van der Waals surface area (Å²) in [5, 5.41) is 0. The fourth-order valence-corrected chi connectivity index (χ4v) is 0.278. The number of hydrogen-bond donors (Lipinski definition) is 0. The van der Waals surface area contributed by atoms with Crippen molar-refractivity contribution >= 4 is 0 Å². The Morgan fingerprint density at radius 2 is 2.00 bits per heavy atom. The van der Waals surface area contributed by atoms with Gasteiger partial charge in [-0.05, 0) is 12.5 Å². The van der Waals surface area contributed by atoms with Crippen LogP contribution in [-0.4, -0.2) is 7.11 Å². The van der Waals surface area contributed by atoms with E-state index in [9.17, 15) is 0 Å². The number of methoxy groups -OCH3 is 1. The van der Waals surface area contributed by atoms with Gasteiger partial charge >= 0.3 is 0 Å². The first-order valence-corrected chi connectivity index (χ1v) is 3.83. The molecule has 0 radical (unpaired) electrons. The quantitative estimate of drug-likeness (QED) is 0.459. The summed E-state index contributed by atoms with van der Waals surface area (Å²) >= 11 is 0. The third-order valence-electron chi connectivity index (χ3n) is 1.09. The molecular formula is C11H18O. The first-order chi connectivity index (χ1) is 5.72. The summed E-state index contributed by atoms with van der Waals surface area (Å²) in [6.07, 6.45) is 7.74. The topological polar surface area (TPSA) is 9.23 Å². The van der Waals surface area contributed by atoms with E-state index in [1.807, 2.05) is 0 Å². The molecule has 0 aromatic rings. The lowest BCUT2D eigenvalue weighted by Gasteiger charge is -1.83. The zero-order valence-corrected chi connectivity index (χ0v) is 8.05. The highest BCUT2D eigenvalue weighted by atomic mass is 16.5. The normalized spacial score (nSPS) is 8.17. The van der Waals surface area contributed by atoms with E-state index in [4.69, 9.17) is 0 Å². The molecule has 1 heteroatoms. The maximum absolute atomic E-state index is 4.53. The predicted octanol–water partition coefficient (Wildman–Crippen LogP) is 3.47. The lowest BCUT2D eigenvalue weighted by atomic mass is 10.2. The van der Waals surface area contributed by atoms with Gasteiger partial charge in [-0.3, -0.25) is 0 Å². The van der Waals surface area contributed by atoms with Crippen molar-refractivity contribution in [2.24, 2.45) is 0 Å². The Kier molecular flexibility index (Phi) is 13.8. The van der Waals surface area contributed by atoms with Crippen LogP contribution in [0.1, 0.15) is 13.3 Å².